The Morgan fingerprint density at radius 2 is 1.96 bits per heavy atom. The predicted molar refractivity (Wildman–Crippen MR) is 101 cm³/mol. The van der Waals surface area contributed by atoms with Gasteiger partial charge in [-0.05, 0) is 58.0 Å². The van der Waals surface area contributed by atoms with E-state index in [1.54, 1.807) is 13.0 Å². The highest BCUT2D eigenvalue weighted by atomic mass is 35.5. The SMILES string of the molecule is Cc1cc(NC(=O)C2CCN(C(=O)CCC3CCNCC3)CC2)no1.Cl. The van der Waals surface area contributed by atoms with Crippen molar-refractivity contribution in [2.75, 3.05) is 31.5 Å². The molecule has 2 aliphatic rings. The molecule has 1 aromatic rings. The average Bonchev–Trinajstić information content (AvgIpc) is 3.05. The molecule has 0 bridgehead atoms. The van der Waals surface area contributed by atoms with Gasteiger partial charge in [0.25, 0.3) is 0 Å². The van der Waals surface area contributed by atoms with E-state index in [0.29, 0.717) is 49.8 Å². The van der Waals surface area contributed by atoms with Gasteiger partial charge in [0, 0.05) is 31.5 Å². The van der Waals surface area contributed by atoms with Gasteiger partial charge < -0.3 is 20.1 Å². The minimum absolute atomic E-state index is 0. The Morgan fingerprint density at radius 1 is 1.27 bits per heavy atom. The number of aryl methyl sites for hydroxylation is 1. The number of anilines is 1. The summed E-state index contributed by atoms with van der Waals surface area (Å²) in [5.74, 6) is 1.96. The van der Waals surface area contributed by atoms with Gasteiger partial charge in [0.05, 0.1) is 0 Å². The van der Waals surface area contributed by atoms with Crippen LogP contribution in [-0.2, 0) is 9.59 Å². The van der Waals surface area contributed by atoms with Crippen LogP contribution in [0.3, 0.4) is 0 Å². The third kappa shape index (κ3) is 5.71. The van der Waals surface area contributed by atoms with Crippen LogP contribution in [0.15, 0.2) is 10.6 Å². The first-order valence-corrected chi connectivity index (χ1v) is 9.34. The van der Waals surface area contributed by atoms with E-state index in [-0.39, 0.29) is 30.1 Å². The van der Waals surface area contributed by atoms with Crippen LogP contribution in [-0.4, -0.2) is 48.0 Å². The van der Waals surface area contributed by atoms with Crippen LogP contribution in [0.25, 0.3) is 0 Å². The fourth-order valence-corrected chi connectivity index (χ4v) is 3.70. The molecule has 2 aliphatic heterocycles. The molecule has 0 radical (unpaired) electrons. The van der Waals surface area contributed by atoms with Gasteiger partial charge in [-0.2, -0.15) is 0 Å². The number of halogens is 1. The number of carbonyl (C=O) groups is 2. The molecule has 8 heteroatoms. The Bertz CT molecular complexity index is 593. The molecule has 2 saturated heterocycles. The second-order valence-electron chi connectivity index (χ2n) is 7.20. The second-order valence-corrected chi connectivity index (χ2v) is 7.20. The summed E-state index contributed by atoms with van der Waals surface area (Å²) >= 11 is 0. The van der Waals surface area contributed by atoms with Gasteiger partial charge >= 0.3 is 0 Å². The molecule has 0 unspecified atom stereocenters. The van der Waals surface area contributed by atoms with Crippen molar-refractivity contribution in [3.63, 3.8) is 0 Å². The number of rotatable bonds is 5. The molecular formula is C18H29ClN4O3. The summed E-state index contributed by atoms with van der Waals surface area (Å²) in [6, 6.07) is 1.71. The molecule has 2 amide bonds. The number of hydrogen-bond acceptors (Lipinski definition) is 5. The lowest BCUT2D eigenvalue weighted by atomic mass is 9.92. The summed E-state index contributed by atoms with van der Waals surface area (Å²) in [6.45, 7) is 5.27. The van der Waals surface area contributed by atoms with Crippen molar-refractivity contribution in [3.05, 3.63) is 11.8 Å². The molecule has 7 nitrogen and oxygen atoms in total. The first kappa shape index (κ1) is 20.7. The fourth-order valence-electron chi connectivity index (χ4n) is 3.70. The Hall–Kier alpha value is -1.60. The highest BCUT2D eigenvalue weighted by Crippen LogP contribution is 2.22. The zero-order valence-electron chi connectivity index (χ0n) is 15.3. The first-order valence-electron chi connectivity index (χ1n) is 9.34. The average molecular weight is 385 g/mol. The largest absolute Gasteiger partial charge is 0.360 e. The number of piperidine rings is 2. The molecule has 2 fully saturated rings. The molecule has 0 aromatic carbocycles. The van der Waals surface area contributed by atoms with Gasteiger partial charge in [-0.15, -0.1) is 12.4 Å². The van der Waals surface area contributed by atoms with Gasteiger partial charge in [0.2, 0.25) is 11.8 Å². The van der Waals surface area contributed by atoms with Crippen LogP contribution in [0.5, 0.6) is 0 Å². The maximum Gasteiger partial charge on any atom is 0.228 e. The topological polar surface area (TPSA) is 87.5 Å². The van der Waals surface area contributed by atoms with Crippen molar-refractivity contribution in [3.8, 4) is 0 Å². The van der Waals surface area contributed by atoms with E-state index in [1.165, 1.54) is 12.8 Å². The van der Waals surface area contributed by atoms with Gasteiger partial charge in [-0.1, -0.05) is 5.16 Å². The van der Waals surface area contributed by atoms with Gasteiger partial charge in [-0.25, -0.2) is 0 Å². The monoisotopic (exact) mass is 384 g/mol. The molecule has 26 heavy (non-hydrogen) atoms. The standard InChI is InChI=1S/C18H28N4O3.ClH/c1-13-12-16(21-25-13)20-18(24)15-6-10-22(11-7-15)17(23)3-2-14-4-8-19-9-5-14;/h12,14-15,19H,2-11H2,1H3,(H,20,21,24);1H. The molecule has 2 N–H and O–H groups in total. The molecule has 0 saturated carbocycles. The quantitative estimate of drug-likeness (QED) is 0.813. The van der Waals surface area contributed by atoms with Crippen molar-refractivity contribution >= 4 is 30.0 Å². The molecule has 0 aliphatic carbocycles. The van der Waals surface area contributed by atoms with Crippen molar-refractivity contribution in [1.82, 2.24) is 15.4 Å². The molecule has 3 rings (SSSR count). The number of amides is 2. The van der Waals surface area contributed by atoms with E-state index in [2.05, 4.69) is 15.8 Å². The Morgan fingerprint density at radius 3 is 2.58 bits per heavy atom. The zero-order chi connectivity index (χ0) is 17.6. The minimum Gasteiger partial charge on any atom is -0.360 e. The molecule has 1 aromatic heterocycles. The Balaban J connectivity index is 0.00000243. The minimum atomic E-state index is -0.0644. The van der Waals surface area contributed by atoms with Crippen molar-refractivity contribution in [2.45, 2.75) is 45.4 Å². The lowest BCUT2D eigenvalue weighted by molar-refractivity contribution is -0.134. The zero-order valence-corrected chi connectivity index (χ0v) is 16.1. The number of carbonyl (C=O) groups excluding carboxylic acids is 2. The fraction of sp³-hybridized carbons (Fsp3) is 0.722. The van der Waals surface area contributed by atoms with E-state index in [9.17, 15) is 9.59 Å². The van der Waals surface area contributed by atoms with E-state index in [1.807, 2.05) is 4.90 Å². The van der Waals surface area contributed by atoms with Gasteiger partial charge in [0.1, 0.15) is 5.76 Å². The third-order valence-corrected chi connectivity index (χ3v) is 5.32. The van der Waals surface area contributed by atoms with Crippen molar-refractivity contribution < 1.29 is 14.1 Å². The lowest BCUT2D eigenvalue weighted by Crippen LogP contribution is -2.41. The Kier molecular flexibility index (Phi) is 7.90. The summed E-state index contributed by atoms with van der Waals surface area (Å²) in [5.41, 5.74) is 0. The van der Waals surface area contributed by atoms with Crippen molar-refractivity contribution in [1.29, 1.82) is 0 Å². The number of likely N-dealkylation sites (tertiary alicyclic amines) is 1. The van der Waals surface area contributed by atoms with Gasteiger partial charge in [-0.3, -0.25) is 9.59 Å². The van der Waals surface area contributed by atoms with Crippen molar-refractivity contribution in [2.24, 2.45) is 11.8 Å². The van der Waals surface area contributed by atoms with Crippen LogP contribution < -0.4 is 10.6 Å². The van der Waals surface area contributed by atoms with Crippen LogP contribution in [0.2, 0.25) is 0 Å². The summed E-state index contributed by atoms with van der Waals surface area (Å²) in [4.78, 5) is 26.6. The molecule has 0 spiro atoms. The maximum absolute atomic E-state index is 12.4. The normalized spacial score (nSPS) is 19.0. The maximum atomic E-state index is 12.4. The smallest absolute Gasteiger partial charge is 0.228 e. The van der Waals surface area contributed by atoms with Gasteiger partial charge in [0.15, 0.2) is 5.82 Å². The lowest BCUT2D eigenvalue weighted by Gasteiger charge is -2.32. The molecule has 146 valence electrons. The van der Waals surface area contributed by atoms with E-state index in [4.69, 9.17) is 4.52 Å². The van der Waals surface area contributed by atoms with Crippen LogP contribution in [0, 0.1) is 18.8 Å². The summed E-state index contributed by atoms with van der Waals surface area (Å²) in [7, 11) is 0. The first-order chi connectivity index (χ1) is 12.1. The summed E-state index contributed by atoms with van der Waals surface area (Å²) in [5, 5.41) is 9.93. The van der Waals surface area contributed by atoms with Crippen LogP contribution in [0.4, 0.5) is 5.82 Å². The number of aromatic nitrogens is 1. The molecule has 0 atom stereocenters. The molecule has 3 heterocycles. The summed E-state index contributed by atoms with van der Waals surface area (Å²) in [6.07, 6.45) is 5.41. The second kappa shape index (κ2) is 9.92. The number of nitrogens with one attached hydrogen (secondary N) is 2. The highest BCUT2D eigenvalue weighted by Gasteiger charge is 2.28. The van der Waals surface area contributed by atoms with Crippen LogP contribution >= 0.6 is 12.4 Å². The number of hydrogen-bond donors (Lipinski definition) is 2. The van der Waals surface area contributed by atoms with E-state index < -0.39 is 0 Å². The number of nitrogens with zero attached hydrogens (tertiary/aromatic N) is 2. The highest BCUT2D eigenvalue weighted by molar-refractivity contribution is 5.91. The summed E-state index contributed by atoms with van der Waals surface area (Å²) < 4.78 is 4.96. The predicted octanol–water partition coefficient (Wildman–Crippen LogP) is 2.36. The van der Waals surface area contributed by atoms with E-state index >= 15 is 0 Å². The third-order valence-electron chi connectivity index (χ3n) is 5.32. The Labute approximate surface area is 160 Å². The molecular weight excluding hydrogens is 356 g/mol. The van der Waals surface area contributed by atoms with E-state index in [0.717, 1.165) is 19.5 Å². The van der Waals surface area contributed by atoms with Crippen LogP contribution in [0.1, 0.15) is 44.3 Å².